The van der Waals surface area contributed by atoms with E-state index < -0.39 is 58.6 Å². The van der Waals surface area contributed by atoms with E-state index in [2.05, 4.69) is 15.3 Å². The molecule has 1 aromatic carbocycles. The third-order valence-corrected chi connectivity index (χ3v) is 9.61. The lowest BCUT2D eigenvalue weighted by Gasteiger charge is -2.44. The fourth-order valence-electron chi connectivity index (χ4n) is 7.21. The predicted molar refractivity (Wildman–Crippen MR) is 156 cm³/mol. The van der Waals surface area contributed by atoms with E-state index >= 15 is 0 Å². The Bertz CT molecular complexity index is 1590. The second-order valence-electron chi connectivity index (χ2n) is 12.9. The van der Waals surface area contributed by atoms with Crippen molar-refractivity contribution in [1.29, 1.82) is 0 Å². The van der Waals surface area contributed by atoms with Crippen LogP contribution in [0.1, 0.15) is 94.2 Å². The van der Waals surface area contributed by atoms with E-state index in [1.807, 2.05) is 6.92 Å². The van der Waals surface area contributed by atoms with Gasteiger partial charge in [0.15, 0.2) is 11.5 Å². The summed E-state index contributed by atoms with van der Waals surface area (Å²) >= 11 is 0. The van der Waals surface area contributed by atoms with Gasteiger partial charge in [0, 0.05) is 48.3 Å². The smallest absolute Gasteiger partial charge is 0.434 e. The lowest BCUT2D eigenvalue weighted by atomic mass is 9.66. The van der Waals surface area contributed by atoms with Crippen LogP contribution < -0.4 is 5.32 Å². The van der Waals surface area contributed by atoms with Gasteiger partial charge >= 0.3 is 12.1 Å². The summed E-state index contributed by atoms with van der Waals surface area (Å²) in [5, 5.41) is 23.4. The summed E-state index contributed by atoms with van der Waals surface area (Å²) in [5.41, 5.74) is -3.65. The van der Waals surface area contributed by atoms with Crippen LogP contribution in [0.15, 0.2) is 30.6 Å². The highest BCUT2D eigenvalue weighted by molar-refractivity contribution is 6.00. The number of benzene rings is 1. The summed E-state index contributed by atoms with van der Waals surface area (Å²) in [6.07, 6.45) is -0.651. The number of carboxylic acids is 1. The van der Waals surface area contributed by atoms with Crippen LogP contribution in [-0.4, -0.2) is 48.1 Å². The number of alkyl halides is 5. The van der Waals surface area contributed by atoms with Crippen molar-refractivity contribution in [1.82, 2.24) is 19.9 Å². The lowest BCUT2D eigenvalue weighted by Crippen LogP contribution is -2.63. The zero-order valence-electron chi connectivity index (χ0n) is 25.3. The summed E-state index contributed by atoms with van der Waals surface area (Å²) in [5.74, 6) is -6.74. The number of amides is 1. The summed E-state index contributed by atoms with van der Waals surface area (Å²) in [7, 11) is 0. The number of rotatable bonds is 7. The minimum atomic E-state index is -5.10. The number of carbonyl (C=O) groups is 2. The first-order valence-corrected chi connectivity index (χ1v) is 15.3. The number of aromatic nitrogens is 3. The van der Waals surface area contributed by atoms with Crippen LogP contribution in [-0.2, 0) is 11.0 Å². The number of nitrogens with one attached hydrogen (secondary N) is 1. The Kier molecular flexibility index (Phi) is 8.60. The third-order valence-electron chi connectivity index (χ3n) is 9.61. The number of hydrogen-bond donors (Lipinski definition) is 3. The van der Waals surface area contributed by atoms with Crippen LogP contribution in [0, 0.1) is 17.8 Å². The molecule has 3 N–H and O–H groups in total. The summed E-state index contributed by atoms with van der Waals surface area (Å²) < 4.78 is 72.9. The van der Waals surface area contributed by atoms with Crippen molar-refractivity contribution in [2.24, 2.45) is 17.8 Å². The molecule has 3 aromatic rings. The molecule has 0 bridgehead atoms. The number of carboxylic acid groups (broad SMARTS) is 1. The summed E-state index contributed by atoms with van der Waals surface area (Å²) in [4.78, 5) is 34.2. The minimum absolute atomic E-state index is 0.113. The number of halogens is 5. The lowest BCUT2D eigenvalue weighted by molar-refractivity contribution is -0.150. The van der Waals surface area contributed by atoms with Crippen LogP contribution in [0.3, 0.4) is 0 Å². The van der Waals surface area contributed by atoms with Crippen LogP contribution in [0.25, 0.3) is 22.3 Å². The number of fused-ring (bicyclic) bond motifs is 1. The maximum atomic E-state index is 14.5. The fraction of sp³-hybridized carbons (Fsp3) is 0.562. The molecule has 8 nitrogen and oxygen atoms in total. The maximum absolute atomic E-state index is 14.5. The van der Waals surface area contributed by atoms with Gasteiger partial charge in [-0.1, -0.05) is 33.6 Å². The molecule has 0 saturated heterocycles. The fourth-order valence-corrected chi connectivity index (χ4v) is 7.21. The van der Waals surface area contributed by atoms with E-state index in [1.54, 1.807) is 18.4 Å². The van der Waals surface area contributed by atoms with E-state index in [0.29, 0.717) is 23.7 Å². The van der Waals surface area contributed by atoms with Gasteiger partial charge < -0.3 is 20.1 Å². The molecule has 244 valence electrons. The molecule has 2 saturated carbocycles. The van der Waals surface area contributed by atoms with Crippen molar-refractivity contribution in [3.05, 3.63) is 41.9 Å². The zero-order chi connectivity index (χ0) is 32.9. The highest BCUT2D eigenvalue weighted by atomic mass is 19.4. The first-order chi connectivity index (χ1) is 21.0. The van der Waals surface area contributed by atoms with E-state index in [0.717, 1.165) is 19.0 Å². The maximum Gasteiger partial charge on any atom is 0.434 e. The number of hydrogen-bond acceptors (Lipinski definition) is 5. The molecular weight excluding hydrogens is 599 g/mol. The number of nitrogens with zero attached hydrogens (tertiary/aromatic N) is 3. The van der Waals surface area contributed by atoms with E-state index in [1.165, 1.54) is 24.4 Å². The van der Waals surface area contributed by atoms with Gasteiger partial charge in [0.2, 0.25) is 5.92 Å². The Morgan fingerprint density at radius 1 is 1.11 bits per heavy atom. The highest BCUT2D eigenvalue weighted by Gasteiger charge is 2.51. The number of aromatic hydroxyl groups is 1. The molecule has 2 aliphatic rings. The van der Waals surface area contributed by atoms with Gasteiger partial charge in [0.05, 0.1) is 11.1 Å². The molecule has 0 radical (unpaired) electrons. The van der Waals surface area contributed by atoms with E-state index in [9.17, 15) is 41.8 Å². The topological polar surface area (TPSA) is 117 Å². The SMILES string of the molecule is CC1CCCC(C(NC(=O)c2cnc(-c3cn(C4CCC(F)(F)CC4)c4cc(O)ccc34)nc2C(F)(F)F)(C(=O)O)C(C)C)C1. The van der Waals surface area contributed by atoms with Crippen molar-refractivity contribution in [3.63, 3.8) is 0 Å². The molecular formula is C32H37F5N4O4. The molecule has 0 spiro atoms. The van der Waals surface area contributed by atoms with Crippen molar-refractivity contribution in [2.45, 2.75) is 95.8 Å². The third kappa shape index (κ3) is 6.22. The average molecular weight is 637 g/mol. The van der Waals surface area contributed by atoms with E-state index in [-0.39, 0.29) is 48.7 Å². The first kappa shape index (κ1) is 32.6. The van der Waals surface area contributed by atoms with Gasteiger partial charge in [-0.3, -0.25) is 4.79 Å². The molecule has 0 aliphatic heterocycles. The monoisotopic (exact) mass is 636 g/mol. The number of phenols is 1. The van der Waals surface area contributed by atoms with Gasteiger partial charge in [-0.05, 0) is 55.6 Å². The number of phenolic OH excluding ortho intramolecular Hbond substituents is 1. The zero-order valence-corrected chi connectivity index (χ0v) is 25.3. The van der Waals surface area contributed by atoms with Crippen molar-refractivity contribution < 1.29 is 41.8 Å². The van der Waals surface area contributed by atoms with Crippen LogP contribution in [0.4, 0.5) is 22.0 Å². The highest BCUT2D eigenvalue weighted by Crippen LogP contribution is 2.43. The summed E-state index contributed by atoms with van der Waals surface area (Å²) in [6, 6.07) is 3.85. The molecule has 2 heterocycles. The Morgan fingerprint density at radius 3 is 2.40 bits per heavy atom. The van der Waals surface area contributed by atoms with Gasteiger partial charge in [0.1, 0.15) is 11.3 Å². The number of carbonyl (C=O) groups excluding carboxylic acids is 1. The molecule has 45 heavy (non-hydrogen) atoms. The average Bonchev–Trinajstić information content (AvgIpc) is 3.33. The Balaban J connectivity index is 1.56. The van der Waals surface area contributed by atoms with Crippen LogP contribution in [0.5, 0.6) is 5.75 Å². The van der Waals surface area contributed by atoms with Crippen molar-refractivity contribution in [2.75, 3.05) is 0 Å². The molecule has 2 fully saturated rings. The number of aliphatic carboxylic acids is 1. The minimum Gasteiger partial charge on any atom is -0.508 e. The van der Waals surface area contributed by atoms with Crippen molar-refractivity contribution in [3.8, 4) is 17.1 Å². The van der Waals surface area contributed by atoms with Crippen LogP contribution >= 0.6 is 0 Å². The molecule has 2 aromatic heterocycles. The van der Waals surface area contributed by atoms with Gasteiger partial charge in [0.25, 0.3) is 5.91 Å². The van der Waals surface area contributed by atoms with Gasteiger partial charge in [-0.2, -0.15) is 13.2 Å². The van der Waals surface area contributed by atoms with Crippen molar-refractivity contribution >= 4 is 22.8 Å². The van der Waals surface area contributed by atoms with Gasteiger partial charge in [-0.15, -0.1) is 0 Å². The normalized spacial score (nSPS) is 22.3. The first-order valence-electron chi connectivity index (χ1n) is 15.3. The predicted octanol–water partition coefficient (Wildman–Crippen LogP) is 7.61. The molecule has 1 amide bonds. The Labute approximate surface area is 257 Å². The Morgan fingerprint density at radius 2 is 1.80 bits per heavy atom. The summed E-state index contributed by atoms with van der Waals surface area (Å²) in [6.45, 7) is 5.23. The second-order valence-corrected chi connectivity index (χ2v) is 12.9. The molecule has 5 rings (SSSR count). The molecule has 13 heteroatoms. The molecule has 3 atom stereocenters. The molecule has 2 aliphatic carbocycles. The largest absolute Gasteiger partial charge is 0.508 e. The van der Waals surface area contributed by atoms with E-state index in [4.69, 9.17) is 0 Å². The quantitative estimate of drug-likeness (QED) is 0.230. The molecule has 3 unspecified atom stereocenters. The standard InChI is InChI=1S/C32H37F5N4O4/c1-17(2)31(29(44)45,19-6-4-5-18(3)13-19)40-28(43)23-15-38-27(39-26(23)32(35,36)37)24-16-41(20-9-11-30(33,34)12-10-20)25-14-21(42)7-8-22(24)25/h7-8,14-20,42H,4-6,9-13H2,1-3H3,(H,40,43)(H,44,45). The Hall–Kier alpha value is -3.77. The second kappa shape index (κ2) is 11.9. The van der Waals surface area contributed by atoms with Gasteiger partial charge in [-0.25, -0.2) is 23.5 Å². The van der Waals surface area contributed by atoms with Crippen LogP contribution in [0.2, 0.25) is 0 Å².